The van der Waals surface area contributed by atoms with Gasteiger partial charge in [0.1, 0.15) is 6.04 Å². The second-order valence-corrected chi connectivity index (χ2v) is 7.74. The average molecular weight is 444 g/mol. The zero-order valence-electron chi connectivity index (χ0n) is 18.6. The lowest BCUT2D eigenvalue weighted by Gasteiger charge is -2.26. The van der Waals surface area contributed by atoms with Gasteiger partial charge < -0.3 is 14.8 Å². The van der Waals surface area contributed by atoms with Crippen molar-refractivity contribution >= 4 is 23.4 Å². The highest BCUT2D eigenvalue weighted by Gasteiger charge is 2.42. The van der Waals surface area contributed by atoms with E-state index in [1.807, 2.05) is 37.3 Å². The molecule has 0 aromatic heterocycles. The molecule has 168 valence electrons. The summed E-state index contributed by atoms with van der Waals surface area (Å²) in [5, 5.41) is 2.88. The Morgan fingerprint density at radius 2 is 1.42 bits per heavy atom. The van der Waals surface area contributed by atoms with Crippen molar-refractivity contribution in [3.8, 4) is 11.5 Å². The van der Waals surface area contributed by atoms with Gasteiger partial charge in [-0.3, -0.25) is 19.3 Å². The lowest BCUT2D eigenvalue weighted by Crippen LogP contribution is -2.48. The van der Waals surface area contributed by atoms with Crippen molar-refractivity contribution in [1.82, 2.24) is 4.90 Å². The molecule has 1 N–H and O–H groups in total. The van der Waals surface area contributed by atoms with Crippen molar-refractivity contribution < 1.29 is 23.9 Å². The first kappa shape index (κ1) is 22.1. The number of methoxy groups -OCH3 is 2. The first-order chi connectivity index (χ1) is 15.9. The van der Waals surface area contributed by atoms with E-state index in [1.54, 1.807) is 36.4 Å². The van der Waals surface area contributed by atoms with Crippen LogP contribution in [0.2, 0.25) is 0 Å². The van der Waals surface area contributed by atoms with E-state index < -0.39 is 23.8 Å². The van der Waals surface area contributed by atoms with Crippen LogP contribution in [-0.2, 0) is 11.2 Å². The van der Waals surface area contributed by atoms with E-state index in [9.17, 15) is 14.4 Å². The molecule has 0 spiro atoms. The number of anilines is 1. The van der Waals surface area contributed by atoms with Crippen LogP contribution in [0.3, 0.4) is 0 Å². The van der Waals surface area contributed by atoms with Gasteiger partial charge in [-0.2, -0.15) is 0 Å². The summed E-state index contributed by atoms with van der Waals surface area (Å²) in [4.78, 5) is 40.9. The van der Waals surface area contributed by atoms with E-state index in [-0.39, 0.29) is 6.42 Å². The fraction of sp³-hybridized carbons (Fsp3) is 0.192. The van der Waals surface area contributed by atoms with Crippen LogP contribution < -0.4 is 14.8 Å². The van der Waals surface area contributed by atoms with Gasteiger partial charge in [0.15, 0.2) is 11.5 Å². The van der Waals surface area contributed by atoms with Crippen molar-refractivity contribution in [1.29, 1.82) is 0 Å². The van der Waals surface area contributed by atoms with Crippen LogP contribution in [0.15, 0.2) is 66.7 Å². The van der Waals surface area contributed by atoms with Crippen LogP contribution in [0.25, 0.3) is 0 Å². The fourth-order valence-corrected chi connectivity index (χ4v) is 3.96. The summed E-state index contributed by atoms with van der Waals surface area (Å²) >= 11 is 0. The van der Waals surface area contributed by atoms with Gasteiger partial charge in [0.25, 0.3) is 11.8 Å². The predicted octanol–water partition coefficient (Wildman–Crippen LogP) is 3.86. The Balaban J connectivity index is 1.70. The molecule has 3 aromatic rings. The molecule has 0 aliphatic carbocycles. The zero-order chi connectivity index (χ0) is 23.5. The number of carbonyl (C=O) groups is 3. The number of nitrogens with one attached hydrogen (secondary N) is 1. The third-order valence-corrected chi connectivity index (χ3v) is 5.70. The Hall–Kier alpha value is -4.13. The number of hydrogen-bond acceptors (Lipinski definition) is 5. The van der Waals surface area contributed by atoms with Gasteiger partial charge in [-0.1, -0.05) is 42.5 Å². The molecule has 3 aromatic carbocycles. The summed E-state index contributed by atoms with van der Waals surface area (Å²) in [5.41, 5.74) is 2.69. The number of aryl methyl sites for hydroxylation is 1. The molecule has 1 unspecified atom stereocenters. The maximum atomic E-state index is 13.5. The van der Waals surface area contributed by atoms with Crippen molar-refractivity contribution in [2.24, 2.45) is 0 Å². The zero-order valence-corrected chi connectivity index (χ0v) is 18.6. The Morgan fingerprint density at radius 3 is 2.00 bits per heavy atom. The van der Waals surface area contributed by atoms with E-state index >= 15 is 0 Å². The summed E-state index contributed by atoms with van der Waals surface area (Å²) in [6.45, 7) is 1.83. The molecule has 0 saturated carbocycles. The van der Waals surface area contributed by atoms with E-state index in [0.29, 0.717) is 28.3 Å². The molecule has 1 heterocycles. The smallest absolute Gasteiger partial charge is 0.262 e. The van der Waals surface area contributed by atoms with Crippen molar-refractivity contribution in [3.63, 3.8) is 0 Å². The Morgan fingerprint density at radius 1 is 0.879 bits per heavy atom. The number of hydrogen-bond donors (Lipinski definition) is 1. The van der Waals surface area contributed by atoms with Gasteiger partial charge in [0.2, 0.25) is 5.91 Å². The molecule has 1 atom stereocenters. The number of carbonyl (C=O) groups excluding carboxylic acids is 3. The molecule has 0 bridgehead atoms. The Labute approximate surface area is 191 Å². The first-order valence-corrected chi connectivity index (χ1v) is 10.5. The van der Waals surface area contributed by atoms with Crippen LogP contribution >= 0.6 is 0 Å². The molecule has 7 heteroatoms. The first-order valence-electron chi connectivity index (χ1n) is 10.5. The normalized spacial score (nSPS) is 13.5. The van der Waals surface area contributed by atoms with Gasteiger partial charge in [0.05, 0.1) is 25.3 Å². The van der Waals surface area contributed by atoms with E-state index in [4.69, 9.17) is 9.47 Å². The number of nitrogens with zero attached hydrogens (tertiary/aromatic N) is 1. The standard InChI is InChI=1S/C26H24N2O5/c1-16-13-22(32-2)23(33-3)15-20(16)27-24(29)21(14-17-9-5-4-6-10-17)28-25(30)18-11-7-8-12-19(18)26(28)31/h4-13,15,21H,14H2,1-3H3,(H,27,29). The van der Waals surface area contributed by atoms with E-state index in [1.165, 1.54) is 14.2 Å². The largest absolute Gasteiger partial charge is 0.493 e. The number of ether oxygens (including phenoxy) is 2. The maximum absolute atomic E-state index is 13.5. The number of imide groups is 1. The summed E-state index contributed by atoms with van der Waals surface area (Å²) in [7, 11) is 3.05. The minimum atomic E-state index is -1.03. The predicted molar refractivity (Wildman–Crippen MR) is 124 cm³/mol. The number of benzene rings is 3. The summed E-state index contributed by atoms with van der Waals surface area (Å²) in [5.74, 6) is -0.428. The molecule has 7 nitrogen and oxygen atoms in total. The van der Waals surface area contributed by atoms with Crippen LogP contribution in [0.5, 0.6) is 11.5 Å². The average Bonchev–Trinajstić information content (AvgIpc) is 3.09. The Bertz CT molecular complexity index is 1190. The van der Waals surface area contributed by atoms with Crippen LogP contribution in [0, 0.1) is 6.92 Å². The monoisotopic (exact) mass is 444 g/mol. The van der Waals surface area contributed by atoms with E-state index in [0.717, 1.165) is 16.0 Å². The van der Waals surface area contributed by atoms with Gasteiger partial charge >= 0.3 is 0 Å². The highest BCUT2D eigenvalue weighted by molar-refractivity contribution is 6.23. The molecule has 33 heavy (non-hydrogen) atoms. The molecule has 1 aliphatic rings. The topological polar surface area (TPSA) is 84.9 Å². The highest BCUT2D eigenvalue weighted by atomic mass is 16.5. The molecular formula is C26H24N2O5. The van der Waals surface area contributed by atoms with Crippen molar-refractivity contribution in [3.05, 3.63) is 89.0 Å². The summed E-state index contributed by atoms with van der Waals surface area (Å²) in [6.07, 6.45) is 0.185. The van der Waals surface area contributed by atoms with Crippen LogP contribution in [0.4, 0.5) is 5.69 Å². The number of rotatable bonds is 7. The lowest BCUT2D eigenvalue weighted by atomic mass is 10.0. The second kappa shape index (κ2) is 9.16. The quantitative estimate of drug-likeness (QED) is 0.560. The third kappa shape index (κ3) is 4.17. The van der Waals surface area contributed by atoms with Crippen molar-refractivity contribution in [2.75, 3.05) is 19.5 Å². The second-order valence-electron chi connectivity index (χ2n) is 7.74. The molecule has 0 saturated heterocycles. The maximum Gasteiger partial charge on any atom is 0.262 e. The molecule has 4 rings (SSSR count). The van der Waals surface area contributed by atoms with Crippen molar-refractivity contribution in [2.45, 2.75) is 19.4 Å². The molecule has 1 aliphatic heterocycles. The minimum Gasteiger partial charge on any atom is -0.493 e. The van der Waals surface area contributed by atoms with Crippen LogP contribution in [0.1, 0.15) is 31.8 Å². The molecule has 0 radical (unpaired) electrons. The van der Waals surface area contributed by atoms with Gasteiger partial charge in [-0.25, -0.2) is 0 Å². The molecule has 0 fully saturated rings. The summed E-state index contributed by atoms with van der Waals surface area (Å²) in [6, 6.07) is 18.3. The molecule has 3 amide bonds. The third-order valence-electron chi connectivity index (χ3n) is 5.70. The molecular weight excluding hydrogens is 420 g/mol. The lowest BCUT2D eigenvalue weighted by molar-refractivity contribution is -0.119. The van der Waals surface area contributed by atoms with E-state index in [2.05, 4.69) is 5.32 Å². The van der Waals surface area contributed by atoms with Gasteiger partial charge in [0, 0.05) is 18.2 Å². The fourth-order valence-electron chi connectivity index (χ4n) is 3.96. The van der Waals surface area contributed by atoms with Gasteiger partial charge in [-0.15, -0.1) is 0 Å². The number of fused-ring (bicyclic) bond motifs is 1. The highest BCUT2D eigenvalue weighted by Crippen LogP contribution is 2.33. The number of amides is 3. The Kier molecular flexibility index (Phi) is 6.13. The summed E-state index contributed by atoms with van der Waals surface area (Å²) < 4.78 is 10.7. The van der Waals surface area contributed by atoms with Crippen LogP contribution in [-0.4, -0.2) is 42.9 Å². The SMILES string of the molecule is COc1cc(C)c(NC(=O)C(Cc2ccccc2)N2C(=O)c3ccccc3C2=O)cc1OC. The minimum absolute atomic E-state index is 0.185. The van der Waals surface area contributed by atoms with Gasteiger partial charge in [-0.05, 0) is 36.2 Å².